The molecule has 0 heterocycles. The van der Waals surface area contributed by atoms with E-state index < -0.39 is 6.10 Å². The predicted octanol–water partition coefficient (Wildman–Crippen LogP) is 3.89. The van der Waals surface area contributed by atoms with Crippen LogP contribution in [0.25, 0.3) is 0 Å². The van der Waals surface area contributed by atoms with E-state index >= 15 is 0 Å². The molecule has 0 bridgehead atoms. The standard InChI is InChI=1S/C17H20O/c1-12-8-9-14(3)16(10-12)17(18)11-15-7-5-4-6-13(15)2/h4-10,17-18H,11H2,1-3H3. The highest BCUT2D eigenvalue weighted by Crippen LogP contribution is 2.23. The lowest BCUT2D eigenvalue weighted by Crippen LogP contribution is -2.05. The number of hydrogen-bond acceptors (Lipinski definition) is 1. The molecule has 0 amide bonds. The van der Waals surface area contributed by atoms with Gasteiger partial charge in [-0.15, -0.1) is 0 Å². The summed E-state index contributed by atoms with van der Waals surface area (Å²) in [5.74, 6) is 0. The van der Waals surface area contributed by atoms with Gasteiger partial charge in [0.2, 0.25) is 0 Å². The Balaban J connectivity index is 2.25. The summed E-state index contributed by atoms with van der Waals surface area (Å²) in [4.78, 5) is 0. The molecule has 0 spiro atoms. The van der Waals surface area contributed by atoms with E-state index in [4.69, 9.17) is 0 Å². The molecule has 1 nitrogen and oxygen atoms in total. The third kappa shape index (κ3) is 2.80. The molecular formula is C17H20O. The minimum Gasteiger partial charge on any atom is -0.388 e. The number of aliphatic hydroxyl groups is 1. The lowest BCUT2D eigenvalue weighted by atomic mass is 9.94. The van der Waals surface area contributed by atoms with Crippen molar-refractivity contribution in [3.8, 4) is 0 Å². The fraction of sp³-hybridized carbons (Fsp3) is 0.294. The molecule has 1 heteroatoms. The van der Waals surface area contributed by atoms with Gasteiger partial charge in [-0.1, -0.05) is 48.0 Å². The summed E-state index contributed by atoms with van der Waals surface area (Å²) in [6.07, 6.45) is 0.253. The molecule has 2 aromatic carbocycles. The fourth-order valence-corrected chi connectivity index (χ4v) is 2.28. The second-order valence-corrected chi connectivity index (χ2v) is 5.01. The summed E-state index contributed by atoms with van der Waals surface area (Å²) in [6.45, 7) is 6.20. The van der Waals surface area contributed by atoms with E-state index in [0.29, 0.717) is 6.42 Å². The van der Waals surface area contributed by atoms with Gasteiger partial charge < -0.3 is 5.11 Å². The van der Waals surface area contributed by atoms with Crippen LogP contribution in [0.1, 0.15) is 33.9 Å². The highest BCUT2D eigenvalue weighted by molar-refractivity contribution is 5.34. The maximum absolute atomic E-state index is 10.4. The van der Waals surface area contributed by atoms with Crippen molar-refractivity contribution in [2.75, 3.05) is 0 Å². The molecule has 0 fully saturated rings. The Kier molecular flexibility index (Phi) is 3.83. The van der Waals surface area contributed by atoms with Crippen LogP contribution in [0.3, 0.4) is 0 Å². The van der Waals surface area contributed by atoms with E-state index in [0.717, 1.165) is 11.1 Å². The van der Waals surface area contributed by atoms with Gasteiger partial charge in [0.15, 0.2) is 0 Å². The SMILES string of the molecule is Cc1ccc(C)c(C(O)Cc2ccccc2C)c1. The van der Waals surface area contributed by atoms with Crippen LogP contribution in [0.4, 0.5) is 0 Å². The summed E-state index contributed by atoms with van der Waals surface area (Å²) in [5.41, 5.74) is 5.84. The first kappa shape index (κ1) is 12.8. The molecule has 1 atom stereocenters. The van der Waals surface area contributed by atoms with Gasteiger partial charge in [-0.2, -0.15) is 0 Å². The second kappa shape index (κ2) is 5.36. The Morgan fingerprint density at radius 1 is 0.944 bits per heavy atom. The van der Waals surface area contributed by atoms with Crippen molar-refractivity contribution >= 4 is 0 Å². The predicted molar refractivity (Wildman–Crippen MR) is 75.8 cm³/mol. The molecule has 2 rings (SSSR count). The van der Waals surface area contributed by atoms with Crippen LogP contribution in [-0.4, -0.2) is 5.11 Å². The Labute approximate surface area is 109 Å². The van der Waals surface area contributed by atoms with E-state index in [1.54, 1.807) is 0 Å². The average Bonchev–Trinajstić information content (AvgIpc) is 2.35. The number of rotatable bonds is 3. The quantitative estimate of drug-likeness (QED) is 0.863. The molecular weight excluding hydrogens is 220 g/mol. The summed E-state index contributed by atoms with van der Waals surface area (Å²) < 4.78 is 0. The van der Waals surface area contributed by atoms with Crippen LogP contribution < -0.4 is 0 Å². The van der Waals surface area contributed by atoms with Crippen LogP contribution in [0.2, 0.25) is 0 Å². The number of benzene rings is 2. The molecule has 1 unspecified atom stereocenters. The van der Waals surface area contributed by atoms with Gasteiger partial charge in [0.05, 0.1) is 6.10 Å². The third-order valence-electron chi connectivity index (χ3n) is 3.47. The van der Waals surface area contributed by atoms with Gasteiger partial charge in [-0.3, -0.25) is 0 Å². The Morgan fingerprint density at radius 2 is 1.67 bits per heavy atom. The molecule has 0 aliphatic rings. The van der Waals surface area contributed by atoms with Crippen molar-refractivity contribution in [3.05, 3.63) is 70.3 Å². The molecule has 18 heavy (non-hydrogen) atoms. The number of aryl methyl sites for hydroxylation is 3. The molecule has 0 aliphatic carbocycles. The molecule has 94 valence electrons. The zero-order chi connectivity index (χ0) is 13.1. The molecule has 0 saturated carbocycles. The van der Waals surface area contributed by atoms with Crippen molar-refractivity contribution < 1.29 is 5.11 Å². The largest absolute Gasteiger partial charge is 0.388 e. The first-order valence-corrected chi connectivity index (χ1v) is 6.37. The van der Waals surface area contributed by atoms with Crippen LogP contribution in [0.15, 0.2) is 42.5 Å². The topological polar surface area (TPSA) is 20.2 Å². The molecule has 2 aromatic rings. The minimum atomic E-state index is -0.425. The van der Waals surface area contributed by atoms with Crippen molar-refractivity contribution in [2.45, 2.75) is 33.3 Å². The van der Waals surface area contributed by atoms with Crippen molar-refractivity contribution in [2.24, 2.45) is 0 Å². The van der Waals surface area contributed by atoms with Crippen molar-refractivity contribution in [3.63, 3.8) is 0 Å². The van der Waals surface area contributed by atoms with Gasteiger partial charge in [-0.25, -0.2) is 0 Å². The maximum atomic E-state index is 10.4. The van der Waals surface area contributed by atoms with E-state index in [1.807, 2.05) is 12.1 Å². The normalized spacial score (nSPS) is 12.4. The first-order chi connectivity index (χ1) is 8.58. The smallest absolute Gasteiger partial charge is 0.0833 e. The lowest BCUT2D eigenvalue weighted by molar-refractivity contribution is 0.177. The lowest BCUT2D eigenvalue weighted by Gasteiger charge is -2.16. The van der Waals surface area contributed by atoms with Crippen LogP contribution in [-0.2, 0) is 6.42 Å². The average molecular weight is 240 g/mol. The van der Waals surface area contributed by atoms with Crippen LogP contribution >= 0.6 is 0 Å². The van der Waals surface area contributed by atoms with Crippen molar-refractivity contribution in [1.29, 1.82) is 0 Å². The van der Waals surface area contributed by atoms with E-state index in [1.165, 1.54) is 16.7 Å². The van der Waals surface area contributed by atoms with Crippen LogP contribution in [0.5, 0.6) is 0 Å². The highest BCUT2D eigenvalue weighted by atomic mass is 16.3. The second-order valence-electron chi connectivity index (χ2n) is 5.01. The Hall–Kier alpha value is -1.60. The fourth-order valence-electron chi connectivity index (χ4n) is 2.28. The van der Waals surface area contributed by atoms with Gasteiger partial charge in [-0.05, 0) is 43.0 Å². The van der Waals surface area contributed by atoms with Crippen molar-refractivity contribution in [1.82, 2.24) is 0 Å². The molecule has 0 aliphatic heterocycles. The van der Waals surface area contributed by atoms with E-state index in [2.05, 4.69) is 51.1 Å². The summed E-state index contributed by atoms with van der Waals surface area (Å²) in [7, 11) is 0. The number of aliphatic hydroxyl groups excluding tert-OH is 1. The summed E-state index contributed by atoms with van der Waals surface area (Å²) >= 11 is 0. The Morgan fingerprint density at radius 3 is 2.39 bits per heavy atom. The number of hydrogen-bond donors (Lipinski definition) is 1. The maximum Gasteiger partial charge on any atom is 0.0833 e. The minimum absolute atomic E-state index is 0.425. The van der Waals surface area contributed by atoms with Gasteiger partial charge >= 0.3 is 0 Å². The van der Waals surface area contributed by atoms with Gasteiger partial charge in [0.25, 0.3) is 0 Å². The van der Waals surface area contributed by atoms with E-state index in [-0.39, 0.29) is 0 Å². The Bertz CT molecular complexity index is 543. The van der Waals surface area contributed by atoms with E-state index in [9.17, 15) is 5.11 Å². The molecule has 0 radical (unpaired) electrons. The zero-order valence-electron chi connectivity index (χ0n) is 11.3. The zero-order valence-corrected chi connectivity index (χ0v) is 11.3. The van der Waals surface area contributed by atoms with Gasteiger partial charge in [0, 0.05) is 6.42 Å². The molecule has 0 saturated heterocycles. The highest BCUT2D eigenvalue weighted by Gasteiger charge is 2.12. The summed E-state index contributed by atoms with van der Waals surface area (Å²) in [6, 6.07) is 14.5. The van der Waals surface area contributed by atoms with Crippen LogP contribution in [0, 0.1) is 20.8 Å². The summed E-state index contributed by atoms with van der Waals surface area (Å²) in [5, 5.41) is 10.4. The molecule has 0 aromatic heterocycles. The van der Waals surface area contributed by atoms with Gasteiger partial charge in [0.1, 0.15) is 0 Å². The third-order valence-corrected chi connectivity index (χ3v) is 3.47. The monoisotopic (exact) mass is 240 g/mol. The first-order valence-electron chi connectivity index (χ1n) is 6.37. The molecule has 1 N–H and O–H groups in total.